The van der Waals surface area contributed by atoms with Crippen LogP contribution in [0.3, 0.4) is 0 Å². The van der Waals surface area contributed by atoms with Gasteiger partial charge in [0.15, 0.2) is 5.96 Å². The molecule has 2 N–H and O–H groups in total. The molecule has 2 aliphatic rings. The molecule has 6 heteroatoms. The van der Waals surface area contributed by atoms with Crippen LogP contribution in [0.1, 0.15) is 54.8 Å². The molecule has 1 atom stereocenters. The molecule has 0 amide bonds. The second-order valence-corrected chi connectivity index (χ2v) is 7.77. The standard InChI is InChI=1S/C23H25FN4O/c1-26-22(27-15-17-12-16(14-25)8-9-19(17)24)28-20-13-23(10-4-5-11-23)29-21-7-3-2-6-18(20)21/h2-3,6-9,12,20H,4-5,10-11,13,15H2,1H3,(H2,26,27,28). The second-order valence-electron chi connectivity index (χ2n) is 7.77. The van der Waals surface area contributed by atoms with Crippen molar-refractivity contribution in [3.63, 3.8) is 0 Å². The van der Waals surface area contributed by atoms with E-state index in [1.165, 1.54) is 25.0 Å². The maximum Gasteiger partial charge on any atom is 0.191 e. The summed E-state index contributed by atoms with van der Waals surface area (Å²) in [5.74, 6) is 1.19. The van der Waals surface area contributed by atoms with E-state index in [0.717, 1.165) is 30.6 Å². The number of benzene rings is 2. The van der Waals surface area contributed by atoms with Crippen LogP contribution in [0.15, 0.2) is 47.5 Å². The van der Waals surface area contributed by atoms with Crippen molar-refractivity contribution in [3.05, 3.63) is 65.0 Å². The maximum atomic E-state index is 14.1. The van der Waals surface area contributed by atoms with Gasteiger partial charge in [0.05, 0.1) is 17.7 Å². The summed E-state index contributed by atoms with van der Waals surface area (Å²) in [6, 6.07) is 14.6. The third-order valence-electron chi connectivity index (χ3n) is 5.87. The number of guanidine groups is 1. The van der Waals surface area contributed by atoms with Gasteiger partial charge in [-0.25, -0.2) is 4.39 Å². The van der Waals surface area contributed by atoms with E-state index in [0.29, 0.717) is 17.1 Å². The van der Waals surface area contributed by atoms with Crippen LogP contribution in [0.5, 0.6) is 5.75 Å². The number of aliphatic imine (C=N–C) groups is 1. The summed E-state index contributed by atoms with van der Waals surface area (Å²) in [6.07, 6.45) is 5.39. The largest absolute Gasteiger partial charge is 0.487 e. The highest BCUT2D eigenvalue weighted by molar-refractivity contribution is 5.80. The lowest BCUT2D eigenvalue weighted by Crippen LogP contribution is -2.46. The summed E-state index contributed by atoms with van der Waals surface area (Å²) in [6.45, 7) is 0.247. The molecule has 1 aliphatic carbocycles. The molecule has 1 fully saturated rings. The van der Waals surface area contributed by atoms with Crippen molar-refractivity contribution in [2.75, 3.05) is 7.05 Å². The van der Waals surface area contributed by atoms with Crippen LogP contribution in [-0.4, -0.2) is 18.6 Å². The molecule has 0 aromatic heterocycles. The normalized spacial score (nSPS) is 19.9. The molecule has 2 aromatic rings. The van der Waals surface area contributed by atoms with E-state index < -0.39 is 0 Å². The van der Waals surface area contributed by atoms with Crippen LogP contribution in [0.4, 0.5) is 4.39 Å². The van der Waals surface area contributed by atoms with Crippen molar-refractivity contribution in [3.8, 4) is 11.8 Å². The maximum absolute atomic E-state index is 14.1. The number of nitrogens with one attached hydrogen (secondary N) is 2. The lowest BCUT2D eigenvalue weighted by Gasteiger charge is -2.40. The van der Waals surface area contributed by atoms with Gasteiger partial charge in [-0.3, -0.25) is 4.99 Å². The van der Waals surface area contributed by atoms with Gasteiger partial charge >= 0.3 is 0 Å². The Morgan fingerprint density at radius 3 is 2.83 bits per heavy atom. The van der Waals surface area contributed by atoms with Crippen molar-refractivity contribution in [2.45, 2.75) is 50.3 Å². The topological polar surface area (TPSA) is 69.4 Å². The zero-order valence-electron chi connectivity index (χ0n) is 16.5. The molecule has 1 spiro atoms. The van der Waals surface area contributed by atoms with Crippen LogP contribution < -0.4 is 15.4 Å². The van der Waals surface area contributed by atoms with E-state index in [-0.39, 0.29) is 24.0 Å². The van der Waals surface area contributed by atoms with Crippen LogP contribution in [0.2, 0.25) is 0 Å². The fraction of sp³-hybridized carbons (Fsp3) is 0.391. The fourth-order valence-corrected chi connectivity index (χ4v) is 4.39. The first kappa shape index (κ1) is 19.3. The summed E-state index contributed by atoms with van der Waals surface area (Å²) in [5, 5.41) is 15.7. The van der Waals surface area contributed by atoms with Crippen LogP contribution in [-0.2, 0) is 6.54 Å². The van der Waals surface area contributed by atoms with Gasteiger partial charge in [0.2, 0.25) is 0 Å². The molecule has 1 unspecified atom stereocenters. The molecule has 2 aromatic carbocycles. The van der Waals surface area contributed by atoms with Crippen molar-refractivity contribution >= 4 is 5.96 Å². The minimum Gasteiger partial charge on any atom is -0.487 e. The monoisotopic (exact) mass is 392 g/mol. The van der Waals surface area contributed by atoms with Crippen LogP contribution >= 0.6 is 0 Å². The van der Waals surface area contributed by atoms with Crippen molar-refractivity contribution in [1.29, 1.82) is 5.26 Å². The Morgan fingerprint density at radius 2 is 2.07 bits per heavy atom. The van der Waals surface area contributed by atoms with E-state index in [2.05, 4.69) is 21.7 Å². The number of para-hydroxylation sites is 1. The Hall–Kier alpha value is -3.07. The van der Waals surface area contributed by atoms with Gasteiger partial charge < -0.3 is 15.4 Å². The second kappa shape index (κ2) is 8.12. The van der Waals surface area contributed by atoms with Crippen molar-refractivity contribution < 1.29 is 9.13 Å². The number of halogens is 1. The van der Waals surface area contributed by atoms with Gasteiger partial charge in [0, 0.05) is 31.1 Å². The number of hydrogen-bond donors (Lipinski definition) is 2. The number of nitrogens with zero attached hydrogens (tertiary/aromatic N) is 2. The lowest BCUT2D eigenvalue weighted by molar-refractivity contribution is 0.0396. The number of ether oxygens (including phenoxy) is 1. The summed E-state index contributed by atoms with van der Waals surface area (Å²) in [7, 11) is 1.70. The molecule has 0 bridgehead atoms. The highest BCUT2D eigenvalue weighted by Gasteiger charge is 2.43. The van der Waals surface area contributed by atoms with E-state index in [1.807, 2.05) is 24.3 Å². The first-order chi connectivity index (χ1) is 14.1. The highest BCUT2D eigenvalue weighted by atomic mass is 19.1. The predicted octanol–water partition coefficient (Wildman–Crippen LogP) is 4.20. The van der Waals surface area contributed by atoms with E-state index in [9.17, 15) is 4.39 Å². The summed E-state index contributed by atoms with van der Waals surface area (Å²) in [4.78, 5) is 4.32. The molecule has 0 radical (unpaired) electrons. The van der Waals surface area contributed by atoms with E-state index >= 15 is 0 Å². The molecule has 4 rings (SSSR count). The van der Waals surface area contributed by atoms with Gasteiger partial charge in [-0.1, -0.05) is 18.2 Å². The third-order valence-corrected chi connectivity index (χ3v) is 5.87. The quantitative estimate of drug-likeness (QED) is 0.607. The minimum absolute atomic E-state index is 0.0690. The average molecular weight is 392 g/mol. The van der Waals surface area contributed by atoms with Crippen LogP contribution in [0.25, 0.3) is 0 Å². The molecule has 5 nitrogen and oxygen atoms in total. The van der Waals surface area contributed by atoms with Crippen molar-refractivity contribution in [2.24, 2.45) is 4.99 Å². The molecule has 150 valence electrons. The van der Waals surface area contributed by atoms with E-state index in [1.54, 1.807) is 13.1 Å². The Bertz CT molecular complexity index is 960. The van der Waals surface area contributed by atoms with Gasteiger partial charge in [0.25, 0.3) is 0 Å². The first-order valence-corrected chi connectivity index (χ1v) is 10.1. The Labute approximate surface area is 170 Å². The predicted molar refractivity (Wildman–Crippen MR) is 110 cm³/mol. The Morgan fingerprint density at radius 1 is 1.28 bits per heavy atom. The molecule has 0 saturated heterocycles. The molecule has 1 heterocycles. The molecule has 1 aliphatic heterocycles. The zero-order chi connectivity index (χ0) is 20.3. The van der Waals surface area contributed by atoms with Gasteiger partial charge in [0.1, 0.15) is 17.2 Å². The van der Waals surface area contributed by atoms with Crippen LogP contribution in [0, 0.1) is 17.1 Å². The molecule has 1 saturated carbocycles. The SMILES string of the molecule is CN=C(NCc1cc(C#N)ccc1F)NC1CC2(CCCC2)Oc2ccccc21. The fourth-order valence-electron chi connectivity index (χ4n) is 4.39. The first-order valence-electron chi connectivity index (χ1n) is 10.1. The summed E-state index contributed by atoms with van der Waals surface area (Å²) >= 11 is 0. The highest BCUT2D eigenvalue weighted by Crippen LogP contribution is 2.46. The Balaban J connectivity index is 1.50. The van der Waals surface area contributed by atoms with Gasteiger partial charge in [-0.15, -0.1) is 0 Å². The number of rotatable bonds is 3. The number of fused-ring (bicyclic) bond motifs is 1. The zero-order valence-corrected chi connectivity index (χ0v) is 16.5. The number of hydrogen-bond acceptors (Lipinski definition) is 3. The molecular formula is C23H25FN4O. The third kappa shape index (κ3) is 4.04. The summed E-state index contributed by atoms with van der Waals surface area (Å²) in [5.41, 5.74) is 1.88. The van der Waals surface area contributed by atoms with Gasteiger partial charge in [-0.05, 0) is 49.9 Å². The van der Waals surface area contributed by atoms with E-state index in [4.69, 9.17) is 10.00 Å². The smallest absolute Gasteiger partial charge is 0.191 e. The lowest BCUT2D eigenvalue weighted by atomic mass is 9.86. The minimum atomic E-state index is -0.340. The Kier molecular flexibility index (Phi) is 5.39. The van der Waals surface area contributed by atoms with Crippen molar-refractivity contribution in [1.82, 2.24) is 10.6 Å². The molecule has 29 heavy (non-hydrogen) atoms. The molecular weight excluding hydrogens is 367 g/mol. The number of nitriles is 1. The van der Waals surface area contributed by atoms with Gasteiger partial charge in [-0.2, -0.15) is 5.26 Å². The summed E-state index contributed by atoms with van der Waals surface area (Å²) < 4.78 is 20.5. The average Bonchev–Trinajstić information content (AvgIpc) is 3.19.